The van der Waals surface area contributed by atoms with Crippen molar-refractivity contribution in [3.8, 4) is 5.75 Å². The summed E-state index contributed by atoms with van der Waals surface area (Å²) in [4.78, 5) is 2.34. The maximum atomic E-state index is 12.0. The molecule has 1 aromatic rings. The van der Waals surface area contributed by atoms with E-state index in [1.807, 2.05) is 0 Å². The van der Waals surface area contributed by atoms with E-state index in [0.717, 1.165) is 31.9 Å². The number of morpholine rings is 1. The minimum Gasteiger partial charge on any atom is -0.435 e. The van der Waals surface area contributed by atoms with Crippen LogP contribution in [0.5, 0.6) is 5.75 Å². The smallest absolute Gasteiger partial charge is 0.387 e. The van der Waals surface area contributed by atoms with Crippen LogP contribution in [-0.4, -0.2) is 50.4 Å². The number of hydrogen-bond acceptors (Lipinski definition) is 4. The topological polar surface area (TPSA) is 33.7 Å². The Morgan fingerprint density at radius 1 is 1.40 bits per heavy atom. The third kappa shape index (κ3) is 4.61. The van der Waals surface area contributed by atoms with Crippen molar-refractivity contribution in [1.29, 1.82) is 0 Å². The Balaban J connectivity index is 1.78. The quantitative estimate of drug-likeness (QED) is 0.871. The summed E-state index contributed by atoms with van der Waals surface area (Å²) < 4.78 is 34.0. The molecule has 0 aliphatic carbocycles. The van der Waals surface area contributed by atoms with Crippen LogP contribution in [0.1, 0.15) is 6.92 Å². The second-order valence-electron chi connectivity index (χ2n) is 4.67. The van der Waals surface area contributed by atoms with Crippen LogP contribution in [0, 0.1) is 0 Å². The monoisotopic (exact) mass is 286 g/mol. The highest BCUT2D eigenvalue weighted by atomic mass is 19.3. The van der Waals surface area contributed by atoms with Crippen molar-refractivity contribution in [1.82, 2.24) is 4.90 Å². The standard InChI is InChI=1S/C14H20F2N2O2/c1-2-18-7-8-19-13(10-18)9-17-11-3-5-12(6-4-11)20-14(15)16/h3-6,13-14,17H,2,7-10H2,1H3. The lowest BCUT2D eigenvalue weighted by Crippen LogP contribution is -2.45. The number of alkyl halides is 2. The highest BCUT2D eigenvalue weighted by molar-refractivity contribution is 5.46. The van der Waals surface area contributed by atoms with Gasteiger partial charge in [0.1, 0.15) is 5.75 Å². The molecule has 1 aliphatic heterocycles. The summed E-state index contributed by atoms with van der Waals surface area (Å²) in [5.74, 6) is 0.164. The lowest BCUT2D eigenvalue weighted by Gasteiger charge is -2.32. The van der Waals surface area contributed by atoms with E-state index in [4.69, 9.17) is 4.74 Å². The van der Waals surface area contributed by atoms with Gasteiger partial charge in [0.2, 0.25) is 0 Å². The fourth-order valence-corrected chi connectivity index (χ4v) is 2.18. The molecule has 2 rings (SSSR count). The molecule has 0 radical (unpaired) electrons. The largest absolute Gasteiger partial charge is 0.435 e. The Labute approximate surface area is 117 Å². The molecule has 1 fully saturated rings. The highest BCUT2D eigenvalue weighted by Crippen LogP contribution is 2.18. The Hall–Kier alpha value is -1.40. The van der Waals surface area contributed by atoms with E-state index in [0.29, 0.717) is 6.54 Å². The van der Waals surface area contributed by atoms with Gasteiger partial charge in [0.25, 0.3) is 0 Å². The number of ether oxygens (including phenoxy) is 2. The van der Waals surface area contributed by atoms with E-state index in [9.17, 15) is 8.78 Å². The van der Waals surface area contributed by atoms with Gasteiger partial charge < -0.3 is 14.8 Å². The lowest BCUT2D eigenvalue weighted by atomic mass is 10.2. The molecule has 0 bridgehead atoms. The number of nitrogens with one attached hydrogen (secondary N) is 1. The lowest BCUT2D eigenvalue weighted by molar-refractivity contribution is -0.0498. The predicted molar refractivity (Wildman–Crippen MR) is 73.4 cm³/mol. The fourth-order valence-electron chi connectivity index (χ4n) is 2.18. The summed E-state index contributed by atoms with van der Waals surface area (Å²) >= 11 is 0. The third-order valence-corrected chi connectivity index (χ3v) is 3.28. The first kappa shape index (κ1) is 15.0. The average molecular weight is 286 g/mol. The normalized spacial score (nSPS) is 20.1. The van der Waals surface area contributed by atoms with Crippen molar-refractivity contribution < 1.29 is 18.3 Å². The molecular weight excluding hydrogens is 266 g/mol. The summed E-state index contributed by atoms with van der Waals surface area (Å²) in [5, 5.41) is 3.24. The number of anilines is 1. The molecule has 6 heteroatoms. The molecule has 1 N–H and O–H groups in total. The Morgan fingerprint density at radius 2 is 2.15 bits per heavy atom. The van der Waals surface area contributed by atoms with Crippen molar-refractivity contribution in [2.24, 2.45) is 0 Å². The van der Waals surface area contributed by atoms with E-state index >= 15 is 0 Å². The maximum Gasteiger partial charge on any atom is 0.387 e. The summed E-state index contributed by atoms with van der Waals surface area (Å²) in [6, 6.07) is 6.49. The van der Waals surface area contributed by atoms with Crippen LogP contribution >= 0.6 is 0 Å². The summed E-state index contributed by atoms with van der Waals surface area (Å²) in [6.45, 7) is 3.72. The molecule has 0 spiro atoms. The molecule has 4 nitrogen and oxygen atoms in total. The van der Waals surface area contributed by atoms with Gasteiger partial charge in [0.05, 0.1) is 12.7 Å². The predicted octanol–water partition coefficient (Wildman–Crippen LogP) is 2.42. The van der Waals surface area contributed by atoms with Crippen LogP contribution in [0.15, 0.2) is 24.3 Å². The zero-order valence-electron chi connectivity index (χ0n) is 11.5. The number of rotatable bonds is 6. The molecule has 0 saturated carbocycles. The fraction of sp³-hybridized carbons (Fsp3) is 0.571. The van der Waals surface area contributed by atoms with Gasteiger partial charge in [-0.25, -0.2) is 0 Å². The number of halogens is 2. The minimum absolute atomic E-state index is 0.153. The Kier molecular flexibility index (Phi) is 5.55. The number of hydrogen-bond donors (Lipinski definition) is 1. The van der Waals surface area contributed by atoms with Crippen LogP contribution in [0.4, 0.5) is 14.5 Å². The van der Waals surface area contributed by atoms with Crippen molar-refractivity contribution in [3.63, 3.8) is 0 Å². The second kappa shape index (κ2) is 7.40. The summed E-state index contributed by atoms with van der Waals surface area (Å²) in [6.07, 6.45) is 0.153. The number of benzene rings is 1. The van der Waals surface area contributed by atoms with Gasteiger partial charge in [-0.1, -0.05) is 6.92 Å². The van der Waals surface area contributed by atoms with E-state index in [1.54, 1.807) is 12.1 Å². The zero-order valence-corrected chi connectivity index (χ0v) is 11.5. The maximum absolute atomic E-state index is 12.0. The van der Waals surface area contributed by atoms with Gasteiger partial charge in [-0.05, 0) is 30.8 Å². The van der Waals surface area contributed by atoms with E-state index in [-0.39, 0.29) is 11.9 Å². The number of nitrogens with zero attached hydrogens (tertiary/aromatic N) is 1. The van der Waals surface area contributed by atoms with Crippen molar-refractivity contribution in [3.05, 3.63) is 24.3 Å². The number of likely N-dealkylation sites (N-methyl/N-ethyl adjacent to an activating group) is 1. The second-order valence-corrected chi connectivity index (χ2v) is 4.67. The summed E-state index contributed by atoms with van der Waals surface area (Å²) in [7, 11) is 0. The van der Waals surface area contributed by atoms with Gasteiger partial charge in [-0.15, -0.1) is 0 Å². The SMILES string of the molecule is CCN1CCOC(CNc2ccc(OC(F)F)cc2)C1. The third-order valence-electron chi connectivity index (χ3n) is 3.28. The molecule has 1 heterocycles. The summed E-state index contributed by atoms with van der Waals surface area (Å²) in [5.41, 5.74) is 0.865. The first-order valence-corrected chi connectivity index (χ1v) is 6.80. The van der Waals surface area contributed by atoms with Gasteiger partial charge in [0, 0.05) is 25.3 Å². The molecule has 1 unspecified atom stereocenters. The van der Waals surface area contributed by atoms with Crippen molar-refractivity contribution in [2.45, 2.75) is 19.6 Å². The highest BCUT2D eigenvalue weighted by Gasteiger charge is 2.18. The average Bonchev–Trinajstić information content (AvgIpc) is 2.46. The van der Waals surface area contributed by atoms with E-state index in [2.05, 4.69) is 21.9 Å². The van der Waals surface area contributed by atoms with Crippen LogP contribution in [0.25, 0.3) is 0 Å². The first-order chi connectivity index (χ1) is 9.67. The molecule has 1 atom stereocenters. The molecule has 1 aliphatic rings. The van der Waals surface area contributed by atoms with E-state index in [1.165, 1.54) is 12.1 Å². The Morgan fingerprint density at radius 3 is 2.80 bits per heavy atom. The Bertz CT molecular complexity index is 401. The van der Waals surface area contributed by atoms with Crippen molar-refractivity contribution in [2.75, 3.05) is 38.1 Å². The van der Waals surface area contributed by atoms with Crippen molar-refractivity contribution >= 4 is 5.69 Å². The van der Waals surface area contributed by atoms with Gasteiger partial charge in [-0.2, -0.15) is 8.78 Å². The van der Waals surface area contributed by atoms with Crippen LogP contribution in [0.2, 0.25) is 0 Å². The molecule has 1 saturated heterocycles. The molecule has 20 heavy (non-hydrogen) atoms. The first-order valence-electron chi connectivity index (χ1n) is 6.80. The zero-order chi connectivity index (χ0) is 14.4. The van der Waals surface area contributed by atoms with Crippen LogP contribution in [-0.2, 0) is 4.74 Å². The molecular formula is C14H20F2N2O2. The van der Waals surface area contributed by atoms with Crippen LogP contribution in [0.3, 0.4) is 0 Å². The molecule has 1 aromatic carbocycles. The van der Waals surface area contributed by atoms with Gasteiger partial charge >= 0.3 is 6.61 Å². The van der Waals surface area contributed by atoms with E-state index < -0.39 is 6.61 Å². The molecule has 0 aromatic heterocycles. The molecule has 0 amide bonds. The van der Waals surface area contributed by atoms with Gasteiger partial charge in [0.15, 0.2) is 0 Å². The minimum atomic E-state index is -2.79. The van der Waals surface area contributed by atoms with Crippen LogP contribution < -0.4 is 10.1 Å². The molecule has 112 valence electrons. The van der Waals surface area contributed by atoms with Gasteiger partial charge in [-0.3, -0.25) is 4.90 Å².